The van der Waals surface area contributed by atoms with Gasteiger partial charge in [-0.1, -0.05) is 95.6 Å². The summed E-state index contributed by atoms with van der Waals surface area (Å²) in [6, 6.07) is 0. The summed E-state index contributed by atoms with van der Waals surface area (Å²) in [5, 5.41) is 0. The average molecular weight is 375 g/mol. The van der Waals surface area contributed by atoms with Crippen LogP contribution in [0.3, 0.4) is 0 Å². The molecule has 0 fully saturated rings. The second-order valence-corrected chi connectivity index (χ2v) is 8.80. The van der Waals surface area contributed by atoms with Gasteiger partial charge in [-0.3, -0.25) is 0 Å². The summed E-state index contributed by atoms with van der Waals surface area (Å²) in [7, 11) is 0. The molecule has 0 bridgehead atoms. The Morgan fingerprint density at radius 3 is 2.11 bits per heavy atom. The van der Waals surface area contributed by atoms with Crippen LogP contribution in [0.4, 0.5) is 0 Å². The molecule has 0 amide bonds. The van der Waals surface area contributed by atoms with E-state index in [1.54, 1.807) is 0 Å². The number of hydrogen-bond donors (Lipinski definition) is 0. The fourth-order valence-electron chi connectivity index (χ4n) is 3.81. The first-order valence-electron chi connectivity index (χ1n) is 12.0. The summed E-state index contributed by atoms with van der Waals surface area (Å²) in [6.45, 7) is 17.5. The van der Waals surface area contributed by atoms with E-state index in [0.29, 0.717) is 0 Å². The van der Waals surface area contributed by atoms with Crippen molar-refractivity contribution in [3.8, 4) is 0 Å². The number of unbranched alkanes of at least 4 members (excludes halogenated alkanes) is 5. The number of hydrogen-bond acceptors (Lipinski definition) is 0. The minimum atomic E-state index is 0.792. The molecule has 0 N–H and O–H groups in total. The van der Waals surface area contributed by atoms with Gasteiger partial charge in [0.15, 0.2) is 0 Å². The minimum absolute atomic E-state index is 0.792. The number of allylic oxidation sites excluding steroid dienone is 4. The lowest BCUT2D eigenvalue weighted by Crippen LogP contribution is -2.03. The van der Waals surface area contributed by atoms with Crippen molar-refractivity contribution < 1.29 is 0 Å². The molecule has 0 saturated heterocycles. The normalized spacial score (nSPS) is 13.8. The van der Waals surface area contributed by atoms with Gasteiger partial charge in [0.1, 0.15) is 0 Å². The van der Waals surface area contributed by atoms with E-state index in [4.69, 9.17) is 0 Å². The van der Waals surface area contributed by atoms with Crippen molar-refractivity contribution in [2.75, 3.05) is 0 Å². The molecule has 0 aromatic carbocycles. The topological polar surface area (TPSA) is 0 Å². The zero-order valence-electron chi connectivity index (χ0n) is 19.3. The molecule has 0 aromatic rings. The van der Waals surface area contributed by atoms with E-state index in [1.165, 1.54) is 107 Å². The summed E-state index contributed by atoms with van der Waals surface area (Å²) in [5.41, 5.74) is 2.82. The molecule has 0 saturated carbocycles. The molecule has 0 aliphatic heterocycles. The van der Waals surface area contributed by atoms with Gasteiger partial charge in [-0.05, 0) is 70.1 Å². The molecule has 2 atom stereocenters. The van der Waals surface area contributed by atoms with Crippen LogP contribution in [0.15, 0.2) is 36.5 Å². The van der Waals surface area contributed by atoms with Crippen LogP contribution in [0.1, 0.15) is 124 Å². The third kappa shape index (κ3) is 17.1. The molecule has 0 heteroatoms. The van der Waals surface area contributed by atoms with Gasteiger partial charge in [-0.15, -0.1) is 6.58 Å². The maximum Gasteiger partial charge on any atom is -0.0292 e. The van der Waals surface area contributed by atoms with Crippen molar-refractivity contribution in [2.45, 2.75) is 124 Å². The second-order valence-electron chi connectivity index (χ2n) is 8.80. The van der Waals surface area contributed by atoms with Crippen molar-refractivity contribution >= 4 is 0 Å². The van der Waals surface area contributed by atoms with Crippen LogP contribution in [-0.4, -0.2) is 0 Å². The van der Waals surface area contributed by atoms with Crippen LogP contribution in [0, 0.1) is 11.8 Å². The van der Waals surface area contributed by atoms with Crippen molar-refractivity contribution in [3.63, 3.8) is 0 Å². The van der Waals surface area contributed by atoms with E-state index in [-0.39, 0.29) is 0 Å². The third-order valence-electron chi connectivity index (χ3n) is 5.96. The summed E-state index contributed by atoms with van der Waals surface area (Å²) < 4.78 is 0. The molecule has 0 spiro atoms. The van der Waals surface area contributed by atoms with E-state index >= 15 is 0 Å². The van der Waals surface area contributed by atoms with Gasteiger partial charge in [-0.25, -0.2) is 0 Å². The summed E-state index contributed by atoms with van der Waals surface area (Å²) >= 11 is 0. The Bertz CT molecular complexity index is 387. The van der Waals surface area contributed by atoms with Crippen molar-refractivity contribution in [2.24, 2.45) is 11.8 Å². The highest BCUT2D eigenvalue weighted by molar-refractivity contribution is 4.98. The number of rotatable bonds is 19. The Labute approximate surface area is 172 Å². The van der Waals surface area contributed by atoms with Gasteiger partial charge in [0.25, 0.3) is 0 Å². The highest BCUT2D eigenvalue weighted by atomic mass is 14.2. The lowest BCUT2D eigenvalue weighted by Gasteiger charge is -2.18. The van der Waals surface area contributed by atoms with E-state index in [2.05, 4.69) is 53.0 Å². The van der Waals surface area contributed by atoms with Gasteiger partial charge < -0.3 is 0 Å². The Kier molecular flexibility index (Phi) is 18.0. The standard InChI is InChI=1S/C27H50/c1-7-10-19-26(8-2)22-21-25(6)23-27(9-3)20-17-15-13-11-12-14-16-18-24(4)5/h15,17,26-27H,4,6-14,16,18-23H2,1-3,5H3. The second kappa shape index (κ2) is 18.6. The molecule has 0 nitrogen and oxygen atoms in total. The molecule has 27 heavy (non-hydrogen) atoms. The Hall–Kier alpha value is -0.780. The van der Waals surface area contributed by atoms with Gasteiger partial charge in [0.2, 0.25) is 0 Å². The molecular weight excluding hydrogens is 324 g/mol. The van der Waals surface area contributed by atoms with Crippen molar-refractivity contribution in [1.82, 2.24) is 0 Å². The lowest BCUT2D eigenvalue weighted by atomic mass is 9.88. The van der Waals surface area contributed by atoms with Crippen LogP contribution in [0.5, 0.6) is 0 Å². The van der Waals surface area contributed by atoms with Crippen LogP contribution in [-0.2, 0) is 0 Å². The molecule has 0 radical (unpaired) electrons. The Morgan fingerprint density at radius 1 is 0.778 bits per heavy atom. The largest absolute Gasteiger partial charge is 0.100 e. The fourth-order valence-corrected chi connectivity index (χ4v) is 3.81. The highest BCUT2D eigenvalue weighted by Crippen LogP contribution is 2.25. The van der Waals surface area contributed by atoms with Crippen molar-refractivity contribution in [3.05, 3.63) is 36.5 Å². The first kappa shape index (κ1) is 26.2. The van der Waals surface area contributed by atoms with E-state index in [9.17, 15) is 0 Å². The highest BCUT2D eigenvalue weighted by Gasteiger charge is 2.10. The molecule has 0 aromatic heterocycles. The van der Waals surface area contributed by atoms with Gasteiger partial charge in [0.05, 0.1) is 0 Å². The molecule has 0 rings (SSSR count). The third-order valence-corrected chi connectivity index (χ3v) is 5.96. The fraction of sp³-hybridized carbons (Fsp3) is 0.778. The maximum absolute atomic E-state index is 4.40. The molecule has 0 aliphatic rings. The molecule has 0 aliphatic carbocycles. The predicted octanol–water partition coefficient (Wildman–Crippen LogP) is 9.82. The Balaban J connectivity index is 3.85. The lowest BCUT2D eigenvalue weighted by molar-refractivity contribution is 0.413. The maximum atomic E-state index is 4.40. The van der Waals surface area contributed by atoms with Gasteiger partial charge >= 0.3 is 0 Å². The van der Waals surface area contributed by atoms with Crippen LogP contribution >= 0.6 is 0 Å². The van der Waals surface area contributed by atoms with E-state index in [0.717, 1.165) is 11.8 Å². The predicted molar refractivity (Wildman–Crippen MR) is 126 cm³/mol. The van der Waals surface area contributed by atoms with Crippen LogP contribution in [0.25, 0.3) is 0 Å². The van der Waals surface area contributed by atoms with Crippen molar-refractivity contribution in [1.29, 1.82) is 0 Å². The zero-order valence-corrected chi connectivity index (χ0v) is 19.3. The average Bonchev–Trinajstić information content (AvgIpc) is 2.65. The smallest absolute Gasteiger partial charge is 0.0292 e. The Morgan fingerprint density at radius 2 is 1.48 bits per heavy atom. The molecule has 2 unspecified atom stereocenters. The van der Waals surface area contributed by atoms with E-state index < -0.39 is 0 Å². The quantitative estimate of drug-likeness (QED) is 0.156. The molecule has 0 heterocycles. The minimum Gasteiger partial charge on any atom is -0.100 e. The summed E-state index contributed by atoms with van der Waals surface area (Å²) in [6.07, 6.45) is 24.5. The monoisotopic (exact) mass is 374 g/mol. The van der Waals surface area contributed by atoms with Gasteiger partial charge in [-0.2, -0.15) is 0 Å². The SMILES string of the molecule is C=C(C)CCCCCCC=CCC(CC)CC(=C)CCC(CC)CCCC. The van der Waals surface area contributed by atoms with E-state index in [1.807, 2.05) is 0 Å². The summed E-state index contributed by atoms with van der Waals surface area (Å²) in [5.74, 6) is 1.71. The molecular formula is C27H50. The first-order chi connectivity index (χ1) is 13.0. The zero-order chi connectivity index (χ0) is 20.3. The summed E-state index contributed by atoms with van der Waals surface area (Å²) in [4.78, 5) is 0. The molecule has 158 valence electrons. The van der Waals surface area contributed by atoms with Crippen LogP contribution in [0.2, 0.25) is 0 Å². The van der Waals surface area contributed by atoms with Crippen LogP contribution < -0.4 is 0 Å². The first-order valence-corrected chi connectivity index (χ1v) is 12.0. The van der Waals surface area contributed by atoms with Gasteiger partial charge in [0, 0.05) is 0 Å².